The average Bonchev–Trinajstić information content (AvgIpc) is 2.77. The predicted octanol–water partition coefficient (Wildman–Crippen LogP) is 4.43. The zero-order valence-corrected chi connectivity index (χ0v) is 16.2. The molecule has 0 spiro atoms. The van der Waals surface area contributed by atoms with Crippen LogP contribution in [-0.2, 0) is 4.74 Å². The lowest BCUT2D eigenvalue weighted by Crippen LogP contribution is -2.23. The number of hydrogen-bond acceptors (Lipinski definition) is 9. The molecule has 0 unspecified atom stereocenters. The molecule has 0 N–H and O–H groups in total. The molecule has 0 saturated heterocycles. The summed E-state index contributed by atoms with van der Waals surface area (Å²) in [4.78, 5) is 24.5. The van der Waals surface area contributed by atoms with Crippen molar-refractivity contribution in [1.82, 2.24) is 0 Å². The number of rotatable bonds is 9. The molecule has 0 radical (unpaired) electrons. The molecule has 0 fully saturated rings. The molecule has 0 saturated carbocycles. The van der Waals surface area contributed by atoms with E-state index >= 15 is 0 Å². The van der Waals surface area contributed by atoms with Gasteiger partial charge in [-0.15, -0.1) is 5.11 Å². The Bertz CT molecular complexity index is 1020. The molecule has 0 aliphatic heterocycles. The number of benzene rings is 2. The molecule has 0 amide bonds. The number of azo groups is 1. The third kappa shape index (κ3) is 5.84. The van der Waals surface area contributed by atoms with Gasteiger partial charge in [0.15, 0.2) is 6.61 Å². The zero-order chi connectivity index (χ0) is 21.9. The van der Waals surface area contributed by atoms with E-state index in [0.29, 0.717) is 18.7 Å². The largest absolute Gasteiger partial charge is 0.447 e. The molecule has 0 bridgehead atoms. The number of carbonyl (C=O) groups excluding carboxylic acids is 1. The minimum atomic E-state index is -0.902. The van der Waals surface area contributed by atoms with Gasteiger partial charge in [-0.3, -0.25) is 10.1 Å². The highest BCUT2D eigenvalue weighted by atomic mass is 16.6. The third-order valence-corrected chi connectivity index (χ3v) is 4.04. The van der Waals surface area contributed by atoms with Crippen LogP contribution >= 0.6 is 0 Å². The van der Waals surface area contributed by atoms with E-state index in [9.17, 15) is 14.9 Å². The molecular weight excluding hydrogens is 388 g/mol. The van der Waals surface area contributed by atoms with Crippen LogP contribution in [0.25, 0.3) is 0 Å². The standard InChI is InChI=1S/C20H18N6O4/c1-2-25(12-3-10-21)16-6-4-15(5-7-16)23-24-19-9-8-17(26(28)29)14-18(19)20(27)30-13-11-22/h4-9,14H,2-3,12-13H2,1H3. The maximum absolute atomic E-state index is 12.1. The molecule has 152 valence electrons. The Morgan fingerprint density at radius 2 is 1.90 bits per heavy atom. The van der Waals surface area contributed by atoms with E-state index in [-0.39, 0.29) is 16.9 Å². The molecule has 2 aromatic carbocycles. The summed E-state index contributed by atoms with van der Waals surface area (Å²) in [7, 11) is 0. The zero-order valence-electron chi connectivity index (χ0n) is 16.2. The molecule has 30 heavy (non-hydrogen) atoms. The second kappa shape index (κ2) is 10.9. The van der Waals surface area contributed by atoms with Crippen LogP contribution in [-0.4, -0.2) is 30.6 Å². The summed E-state index contributed by atoms with van der Waals surface area (Å²) in [5, 5.41) is 36.4. The summed E-state index contributed by atoms with van der Waals surface area (Å²) in [6, 6.07) is 14.4. The van der Waals surface area contributed by atoms with Crippen molar-refractivity contribution in [2.24, 2.45) is 10.2 Å². The fourth-order valence-electron chi connectivity index (χ4n) is 2.56. The Hall–Kier alpha value is -4.31. The molecule has 10 nitrogen and oxygen atoms in total. The molecule has 0 aliphatic rings. The lowest BCUT2D eigenvalue weighted by Gasteiger charge is -2.21. The van der Waals surface area contributed by atoms with Crippen LogP contribution in [0.5, 0.6) is 0 Å². The number of nitro benzene ring substituents is 1. The first-order chi connectivity index (χ1) is 14.5. The van der Waals surface area contributed by atoms with E-state index in [1.807, 2.05) is 24.0 Å². The quantitative estimate of drug-likeness (QED) is 0.259. The minimum absolute atomic E-state index is 0.0804. The topological polar surface area (TPSA) is 145 Å². The van der Waals surface area contributed by atoms with Gasteiger partial charge in [-0.05, 0) is 37.3 Å². The van der Waals surface area contributed by atoms with Crippen LogP contribution in [0.15, 0.2) is 52.7 Å². The van der Waals surface area contributed by atoms with Gasteiger partial charge in [0.1, 0.15) is 11.8 Å². The van der Waals surface area contributed by atoms with Crippen molar-refractivity contribution in [3.8, 4) is 12.1 Å². The van der Waals surface area contributed by atoms with Crippen LogP contribution in [0.4, 0.5) is 22.7 Å². The summed E-state index contributed by atoms with van der Waals surface area (Å²) in [6.45, 7) is 2.87. The summed E-state index contributed by atoms with van der Waals surface area (Å²) in [5.41, 5.74) is 1.05. The average molecular weight is 406 g/mol. The van der Waals surface area contributed by atoms with Gasteiger partial charge >= 0.3 is 5.97 Å². The summed E-state index contributed by atoms with van der Waals surface area (Å²) >= 11 is 0. The molecule has 2 rings (SSSR count). The van der Waals surface area contributed by atoms with Gasteiger partial charge in [-0.2, -0.15) is 15.6 Å². The van der Waals surface area contributed by atoms with Crippen LogP contribution in [0, 0.1) is 32.8 Å². The fraction of sp³-hybridized carbons (Fsp3) is 0.250. The van der Waals surface area contributed by atoms with E-state index in [0.717, 1.165) is 18.3 Å². The minimum Gasteiger partial charge on any atom is -0.447 e. The van der Waals surface area contributed by atoms with Crippen molar-refractivity contribution in [3.05, 3.63) is 58.1 Å². The van der Waals surface area contributed by atoms with E-state index in [1.54, 1.807) is 18.2 Å². The monoisotopic (exact) mass is 406 g/mol. The number of anilines is 1. The number of nitrogens with zero attached hydrogens (tertiary/aromatic N) is 6. The van der Waals surface area contributed by atoms with Crippen LogP contribution in [0.2, 0.25) is 0 Å². The lowest BCUT2D eigenvalue weighted by atomic mass is 10.1. The lowest BCUT2D eigenvalue weighted by molar-refractivity contribution is -0.384. The smallest absolute Gasteiger partial charge is 0.341 e. The second-order valence-corrected chi connectivity index (χ2v) is 5.90. The summed E-state index contributed by atoms with van der Waals surface area (Å²) < 4.78 is 4.74. The summed E-state index contributed by atoms with van der Waals surface area (Å²) in [5.74, 6) is -0.902. The maximum Gasteiger partial charge on any atom is 0.341 e. The van der Waals surface area contributed by atoms with Gasteiger partial charge in [0.05, 0.1) is 28.7 Å². The van der Waals surface area contributed by atoms with Crippen molar-refractivity contribution in [3.63, 3.8) is 0 Å². The van der Waals surface area contributed by atoms with Gasteiger partial charge < -0.3 is 9.64 Å². The molecule has 2 aromatic rings. The molecule has 0 heterocycles. The Morgan fingerprint density at radius 1 is 1.17 bits per heavy atom. The van der Waals surface area contributed by atoms with Crippen LogP contribution < -0.4 is 4.90 Å². The first kappa shape index (κ1) is 22.0. The van der Waals surface area contributed by atoms with E-state index in [1.165, 1.54) is 12.1 Å². The van der Waals surface area contributed by atoms with Crippen molar-refractivity contribution in [2.75, 3.05) is 24.6 Å². The third-order valence-electron chi connectivity index (χ3n) is 4.04. The second-order valence-electron chi connectivity index (χ2n) is 5.90. The first-order valence-electron chi connectivity index (χ1n) is 8.96. The molecular formula is C20H18N6O4. The Labute approximate surface area is 172 Å². The van der Waals surface area contributed by atoms with Crippen LogP contribution in [0.1, 0.15) is 23.7 Å². The van der Waals surface area contributed by atoms with Gasteiger partial charge in [0, 0.05) is 30.9 Å². The molecule has 0 atom stereocenters. The first-order valence-corrected chi connectivity index (χ1v) is 8.96. The molecule has 10 heteroatoms. The highest BCUT2D eigenvalue weighted by Crippen LogP contribution is 2.28. The maximum atomic E-state index is 12.1. The van der Waals surface area contributed by atoms with Crippen molar-refractivity contribution >= 4 is 28.7 Å². The van der Waals surface area contributed by atoms with Gasteiger partial charge in [0.2, 0.25) is 0 Å². The highest BCUT2D eigenvalue weighted by Gasteiger charge is 2.18. The number of esters is 1. The Kier molecular flexibility index (Phi) is 7.97. The van der Waals surface area contributed by atoms with Crippen LogP contribution in [0.3, 0.4) is 0 Å². The van der Waals surface area contributed by atoms with E-state index in [2.05, 4.69) is 16.3 Å². The van der Waals surface area contributed by atoms with Gasteiger partial charge in [-0.1, -0.05) is 0 Å². The van der Waals surface area contributed by atoms with E-state index in [4.69, 9.17) is 15.3 Å². The Morgan fingerprint density at radius 3 is 2.50 bits per heavy atom. The van der Waals surface area contributed by atoms with Crippen molar-refractivity contribution in [1.29, 1.82) is 10.5 Å². The number of carbonyl (C=O) groups is 1. The molecule has 0 aliphatic carbocycles. The molecule has 0 aromatic heterocycles. The van der Waals surface area contributed by atoms with Gasteiger partial charge in [-0.25, -0.2) is 4.79 Å². The number of nitro groups is 1. The van der Waals surface area contributed by atoms with Crippen molar-refractivity contribution < 1.29 is 14.5 Å². The number of non-ortho nitro benzene ring substituents is 1. The predicted molar refractivity (Wildman–Crippen MR) is 108 cm³/mol. The number of nitriles is 2. The number of hydrogen-bond donors (Lipinski definition) is 0. The SMILES string of the molecule is CCN(CCC#N)c1ccc(N=Nc2ccc([N+](=O)[O-])cc2C(=O)OCC#N)cc1. The van der Waals surface area contributed by atoms with Gasteiger partial charge in [0.25, 0.3) is 5.69 Å². The highest BCUT2D eigenvalue weighted by molar-refractivity contribution is 5.95. The normalized spacial score (nSPS) is 10.2. The summed E-state index contributed by atoms with van der Waals surface area (Å²) in [6.07, 6.45) is 0.417. The fourth-order valence-corrected chi connectivity index (χ4v) is 2.56. The Balaban J connectivity index is 2.26. The number of ether oxygens (including phenoxy) is 1. The van der Waals surface area contributed by atoms with Crippen molar-refractivity contribution in [2.45, 2.75) is 13.3 Å². The van der Waals surface area contributed by atoms with E-state index < -0.39 is 17.5 Å².